The van der Waals surface area contributed by atoms with Crippen LogP contribution in [0.4, 0.5) is 10.8 Å². The number of thiazole rings is 1. The molecule has 0 fully saturated rings. The molecule has 1 aromatic heterocycles. The van der Waals surface area contributed by atoms with Crippen molar-refractivity contribution in [3.8, 4) is 0 Å². The van der Waals surface area contributed by atoms with Crippen molar-refractivity contribution in [3.05, 3.63) is 40.4 Å². The number of para-hydroxylation sites is 1. The lowest BCUT2D eigenvalue weighted by molar-refractivity contribution is -0.118. The molecule has 2 aromatic rings. The van der Waals surface area contributed by atoms with Crippen molar-refractivity contribution < 1.29 is 14.4 Å². The van der Waals surface area contributed by atoms with Crippen LogP contribution in [0.1, 0.15) is 40.2 Å². The van der Waals surface area contributed by atoms with Gasteiger partial charge in [-0.1, -0.05) is 12.1 Å². The van der Waals surface area contributed by atoms with Crippen LogP contribution in [0.3, 0.4) is 0 Å². The van der Waals surface area contributed by atoms with Crippen LogP contribution in [-0.2, 0) is 22.4 Å². The molecule has 0 bridgehead atoms. The highest BCUT2D eigenvalue weighted by Crippen LogP contribution is 2.30. The number of aromatic nitrogens is 1. The molecule has 2 heterocycles. The monoisotopic (exact) mass is 370 g/mol. The first-order valence-corrected chi connectivity index (χ1v) is 9.41. The van der Waals surface area contributed by atoms with Crippen LogP contribution >= 0.6 is 11.3 Å². The van der Waals surface area contributed by atoms with E-state index in [-0.39, 0.29) is 30.6 Å². The molecule has 1 atom stereocenters. The molecular formula is C18H18N4O3S. The first-order valence-electron chi connectivity index (χ1n) is 8.59. The van der Waals surface area contributed by atoms with Gasteiger partial charge in [0.1, 0.15) is 6.04 Å². The lowest BCUT2D eigenvalue weighted by Gasteiger charge is -2.13. The van der Waals surface area contributed by atoms with E-state index in [9.17, 15) is 14.4 Å². The molecular weight excluding hydrogens is 352 g/mol. The molecule has 26 heavy (non-hydrogen) atoms. The zero-order valence-electron chi connectivity index (χ0n) is 14.0. The first kappa shape index (κ1) is 16.7. The number of amides is 3. The summed E-state index contributed by atoms with van der Waals surface area (Å²) in [6.07, 6.45) is 3.47. The Labute approximate surface area is 154 Å². The third-order valence-corrected chi connectivity index (χ3v) is 5.63. The maximum absolute atomic E-state index is 12.3. The van der Waals surface area contributed by atoms with Crippen LogP contribution in [-0.4, -0.2) is 28.7 Å². The van der Waals surface area contributed by atoms with Gasteiger partial charge in [-0.25, -0.2) is 4.98 Å². The number of nitrogens with zero attached hydrogens (tertiary/aromatic N) is 1. The van der Waals surface area contributed by atoms with Crippen LogP contribution in [0.15, 0.2) is 24.3 Å². The lowest BCUT2D eigenvalue weighted by atomic mass is 10.1. The minimum absolute atomic E-state index is 0.124. The summed E-state index contributed by atoms with van der Waals surface area (Å²) >= 11 is 1.52. The highest BCUT2D eigenvalue weighted by molar-refractivity contribution is 7.15. The Balaban J connectivity index is 1.36. The summed E-state index contributed by atoms with van der Waals surface area (Å²) in [6.45, 7) is 0. The topological polar surface area (TPSA) is 100 Å². The van der Waals surface area contributed by atoms with Crippen molar-refractivity contribution in [1.82, 2.24) is 10.3 Å². The fraction of sp³-hybridized carbons (Fsp3) is 0.333. The van der Waals surface area contributed by atoms with Crippen LogP contribution < -0.4 is 16.0 Å². The van der Waals surface area contributed by atoms with Crippen molar-refractivity contribution in [2.24, 2.45) is 0 Å². The highest BCUT2D eigenvalue weighted by atomic mass is 32.1. The van der Waals surface area contributed by atoms with E-state index in [0.717, 1.165) is 25.0 Å². The number of rotatable bonds is 4. The number of anilines is 2. The average Bonchev–Trinajstić information content (AvgIpc) is 3.16. The third-order valence-electron chi connectivity index (χ3n) is 4.55. The van der Waals surface area contributed by atoms with Gasteiger partial charge in [-0.05, 0) is 37.8 Å². The van der Waals surface area contributed by atoms with Gasteiger partial charge < -0.3 is 16.0 Å². The van der Waals surface area contributed by atoms with Crippen molar-refractivity contribution in [1.29, 1.82) is 0 Å². The number of hydrogen-bond acceptors (Lipinski definition) is 5. The molecule has 0 radical (unpaired) electrons. The molecule has 0 spiro atoms. The number of aryl methyl sites for hydroxylation is 2. The van der Waals surface area contributed by atoms with Crippen LogP contribution in [0, 0.1) is 0 Å². The predicted molar refractivity (Wildman–Crippen MR) is 98.3 cm³/mol. The van der Waals surface area contributed by atoms with Gasteiger partial charge in [0.05, 0.1) is 16.9 Å². The zero-order valence-corrected chi connectivity index (χ0v) is 14.8. The number of carbonyl (C=O) groups is 3. The molecule has 3 amide bonds. The summed E-state index contributed by atoms with van der Waals surface area (Å²) in [7, 11) is 0. The van der Waals surface area contributed by atoms with Gasteiger partial charge >= 0.3 is 0 Å². The maximum atomic E-state index is 12.3. The van der Waals surface area contributed by atoms with E-state index in [4.69, 9.17) is 0 Å². The molecule has 1 aliphatic heterocycles. The smallest absolute Gasteiger partial charge is 0.254 e. The zero-order chi connectivity index (χ0) is 18.1. The summed E-state index contributed by atoms with van der Waals surface area (Å²) in [5.74, 6) is -0.841. The molecule has 8 heteroatoms. The fourth-order valence-corrected chi connectivity index (χ4v) is 4.28. The fourth-order valence-electron chi connectivity index (χ4n) is 3.22. The molecule has 0 unspecified atom stereocenters. The van der Waals surface area contributed by atoms with Crippen LogP contribution in [0.2, 0.25) is 0 Å². The van der Waals surface area contributed by atoms with E-state index in [0.29, 0.717) is 16.4 Å². The normalized spacial score (nSPS) is 18.4. The minimum Gasteiger partial charge on any atom is -0.340 e. The van der Waals surface area contributed by atoms with E-state index in [1.165, 1.54) is 16.2 Å². The van der Waals surface area contributed by atoms with Gasteiger partial charge in [0.15, 0.2) is 5.13 Å². The van der Waals surface area contributed by atoms with Gasteiger partial charge in [0, 0.05) is 11.3 Å². The van der Waals surface area contributed by atoms with E-state index in [1.807, 2.05) is 0 Å². The quantitative estimate of drug-likeness (QED) is 0.767. The third kappa shape index (κ3) is 3.32. The maximum Gasteiger partial charge on any atom is 0.254 e. The highest BCUT2D eigenvalue weighted by Gasteiger charge is 2.28. The molecule has 7 nitrogen and oxygen atoms in total. The number of hydrogen-bond donors (Lipinski definition) is 3. The Morgan fingerprint density at radius 3 is 2.96 bits per heavy atom. The van der Waals surface area contributed by atoms with E-state index < -0.39 is 6.04 Å². The van der Waals surface area contributed by atoms with Crippen LogP contribution in [0.25, 0.3) is 0 Å². The number of carbonyl (C=O) groups excluding carboxylic acids is 3. The van der Waals surface area contributed by atoms with Crippen molar-refractivity contribution >= 4 is 39.9 Å². The van der Waals surface area contributed by atoms with Crippen molar-refractivity contribution in [2.75, 3.05) is 10.6 Å². The summed E-state index contributed by atoms with van der Waals surface area (Å²) < 4.78 is 0. The van der Waals surface area contributed by atoms with Crippen LogP contribution in [0.5, 0.6) is 0 Å². The van der Waals surface area contributed by atoms with Gasteiger partial charge in [-0.2, -0.15) is 0 Å². The molecule has 134 valence electrons. The van der Waals surface area contributed by atoms with E-state index in [2.05, 4.69) is 20.9 Å². The standard InChI is InChI=1S/C18H18N4O3S/c23-15(22-18-21-12-6-3-7-14(12)26-18)9-8-13-17(25)19-11-5-2-1-4-10(11)16(24)20-13/h1-2,4-5,13H,3,6-9H2,(H,19,25)(H,20,24)(H,21,22,23)/t13-/m0/s1. The number of nitrogens with one attached hydrogen (secondary N) is 3. The first-order chi connectivity index (χ1) is 12.6. The second-order valence-electron chi connectivity index (χ2n) is 6.39. The van der Waals surface area contributed by atoms with Gasteiger partial charge in [-0.15, -0.1) is 11.3 Å². The molecule has 1 aromatic carbocycles. The number of fused-ring (bicyclic) bond motifs is 2. The summed E-state index contributed by atoms with van der Waals surface area (Å²) in [6, 6.07) is 6.09. The van der Waals surface area contributed by atoms with Crippen molar-refractivity contribution in [2.45, 2.75) is 38.1 Å². The largest absolute Gasteiger partial charge is 0.340 e. The Kier molecular flexibility index (Phi) is 4.42. The minimum atomic E-state index is -0.748. The molecule has 2 aliphatic rings. The Bertz CT molecular complexity index is 871. The summed E-state index contributed by atoms with van der Waals surface area (Å²) in [4.78, 5) is 42.4. The van der Waals surface area contributed by atoms with E-state index in [1.54, 1.807) is 24.3 Å². The molecule has 4 rings (SSSR count). The SMILES string of the molecule is O=C(CC[C@@H]1NC(=O)c2ccccc2NC1=O)Nc1nc2c(s1)CCC2. The average molecular weight is 370 g/mol. The second kappa shape index (κ2) is 6.87. The summed E-state index contributed by atoms with van der Waals surface area (Å²) in [5.41, 5.74) is 1.99. The Morgan fingerprint density at radius 1 is 1.27 bits per heavy atom. The Morgan fingerprint density at radius 2 is 2.12 bits per heavy atom. The van der Waals surface area contributed by atoms with Gasteiger partial charge in [-0.3, -0.25) is 14.4 Å². The summed E-state index contributed by atoms with van der Waals surface area (Å²) in [5, 5.41) is 8.84. The number of benzene rings is 1. The lowest BCUT2D eigenvalue weighted by Crippen LogP contribution is -2.41. The molecule has 1 aliphatic carbocycles. The molecule has 0 saturated heterocycles. The second-order valence-corrected chi connectivity index (χ2v) is 7.47. The predicted octanol–water partition coefficient (Wildman–Crippen LogP) is 2.10. The van der Waals surface area contributed by atoms with Crippen molar-refractivity contribution in [3.63, 3.8) is 0 Å². The Hall–Kier alpha value is -2.74. The molecule has 0 saturated carbocycles. The van der Waals surface area contributed by atoms with Gasteiger partial charge in [0.25, 0.3) is 5.91 Å². The molecule has 3 N–H and O–H groups in total. The van der Waals surface area contributed by atoms with Gasteiger partial charge in [0.2, 0.25) is 11.8 Å². The van der Waals surface area contributed by atoms with E-state index >= 15 is 0 Å².